The zero-order valence-electron chi connectivity index (χ0n) is 11.3. The van der Waals surface area contributed by atoms with Crippen molar-refractivity contribution in [1.29, 1.82) is 0 Å². The summed E-state index contributed by atoms with van der Waals surface area (Å²) in [4.78, 5) is 0. The van der Waals surface area contributed by atoms with Gasteiger partial charge in [-0.25, -0.2) is 0 Å². The van der Waals surface area contributed by atoms with E-state index in [1.54, 1.807) is 0 Å². The first-order valence-electron chi connectivity index (χ1n) is 6.78. The lowest BCUT2D eigenvalue weighted by Crippen LogP contribution is -1.99. The number of hydrogen-bond donors (Lipinski definition) is 0. The topological polar surface area (TPSA) is 18.5 Å². The van der Waals surface area contributed by atoms with Crippen molar-refractivity contribution in [2.24, 2.45) is 0 Å². The molecule has 0 aliphatic rings. The Balaban J connectivity index is 1.70. The van der Waals surface area contributed by atoms with Crippen LogP contribution < -0.4 is 9.47 Å². The van der Waals surface area contributed by atoms with E-state index in [2.05, 4.69) is 24.3 Å². The minimum atomic E-state index is 0.692. The van der Waals surface area contributed by atoms with E-state index in [0.717, 1.165) is 30.9 Å². The molecule has 2 aromatic rings. The highest BCUT2D eigenvalue weighted by Crippen LogP contribution is 2.17. The summed E-state index contributed by atoms with van der Waals surface area (Å²) >= 11 is 0. The Morgan fingerprint density at radius 3 is 2.05 bits per heavy atom. The van der Waals surface area contributed by atoms with Gasteiger partial charge in [0.25, 0.3) is 0 Å². The van der Waals surface area contributed by atoms with Crippen molar-refractivity contribution in [1.82, 2.24) is 0 Å². The van der Waals surface area contributed by atoms with Gasteiger partial charge in [-0.05, 0) is 49.6 Å². The molecule has 2 heteroatoms. The molecule has 100 valence electrons. The molecule has 0 spiro atoms. The fraction of sp³-hybridized carbons (Fsp3) is 0.294. The maximum Gasteiger partial charge on any atom is 0.119 e. The minimum Gasteiger partial charge on any atom is -0.494 e. The lowest BCUT2D eigenvalue weighted by atomic mass is 10.1. The summed E-state index contributed by atoms with van der Waals surface area (Å²) in [5.74, 6) is 1.79. The average Bonchev–Trinajstić information content (AvgIpc) is 2.47. The van der Waals surface area contributed by atoms with Crippen LogP contribution in [0.2, 0.25) is 0 Å². The van der Waals surface area contributed by atoms with Gasteiger partial charge in [-0.3, -0.25) is 0 Å². The largest absolute Gasteiger partial charge is 0.494 e. The Labute approximate surface area is 115 Å². The van der Waals surface area contributed by atoms with Crippen molar-refractivity contribution in [3.8, 4) is 11.5 Å². The summed E-state index contributed by atoms with van der Waals surface area (Å²) in [6, 6.07) is 18.3. The van der Waals surface area contributed by atoms with Crippen molar-refractivity contribution in [2.75, 3.05) is 13.2 Å². The minimum absolute atomic E-state index is 0.692. The predicted molar refractivity (Wildman–Crippen MR) is 77.9 cm³/mol. The van der Waals surface area contributed by atoms with Gasteiger partial charge >= 0.3 is 0 Å². The van der Waals surface area contributed by atoms with Gasteiger partial charge in [-0.1, -0.05) is 30.3 Å². The standard InChI is InChI=1S/C17H20O2/c1-2-18-16-10-12-17(13-11-16)19-14-6-9-15-7-4-3-5-8-15/h3-5,7-8,10-13H,2,6,9,14H2,1H3. The number of hydrogen-bond acceptors (Lipinski definition) is 2. The third-order valence-corrected chi connectivity index (χ3v) is 2.86. The molecule has 0 atom stereocenters. The van der Waals surface area contributed by atoms with Crippen LogP contribution in [-0.2, 0) is 6.42 Å². The molecule has 2 rings (SSSR count). The van der Waals surface area contributed by atoms with Crippen LogP contribution in [0.5, 0.6) is 11.5 Å². The summed E-state index contributed by atoms with van der Waals surface area (Å²) < 4.78 is 11.1. The van der Waals surface area contributed by atoms with Gasteiger partial charge in [0.15, 0.2) is 0 Å². The van der Waals surface area contributed by atoms with Crippen LogP contribution in [0, 0.1) is 0 Å². The average molecular weight is 256 g/mol. The van der Waals surface area contributed by atoms with E-state index in [-0.39, 0.29) is 0 Å². The lowest BCUT2D eigenvalue weighted by molar-refractivity contribution is 0.308. The second-order valence-electron chi connectivity index (χ2n) is 4.34. The Hall–Kier alpha value is -1.96. The molecule has 0 fully saturated rings. The van der Waals surface area contributed by atoms with E-state index in [1.807, 2.05) is 37.3 Å². The lowest BCUT2D eigenvalue weighted by Gasteiger charge is -2.07. The van der Waals surface area contributed by atoms with Crippen LogP contribution in [0.1, 0.15) is 18.9 Å². The third-order valence-electron chi connectivity index (χ3n) is 2.86. The summed E-state index contributed by atoms with van der Waals surface area (Å²) in [5, 5.41) is 0. The first-order valence-corrected chi connectivity index (χ1v) is 6.78. The van der Waals surface area contributed by atoms with Crippen molar-refractivity contribution < 1.29 is 9.47 Å². The first-order chi connectivity index (χ1) is 9.38. The molecular weight excluding hydrogens is 236 g/mol. The fourth-order valence-electron chi connectivity index (χ4n) is 1.91. The zero-order chi connectivity index (χ0) is 13.3. The zero-order valence-corrected chi connectivity index (χ0v) is 11.3. The van der Waals surface area contributed by atoms with Gasteiger partial charge in [-0.2, -0.15) is 0 Å². The molecule has 19 heavy (non-hydrogen) atoms. The van der Waals surface area contributed by atoms with Gasteiger partial charge in [0, 0.05) is 0 Å². The normalized spacial score (nSPS) is 10.2. The highest BCUT2D eigenvalue weighted by Gasteiger charge is 1.96. The van der Waals surface area contributed by atoms with Crippen LogP contribution in [0.25, 0.3) is 0 Å². The maximum atomic E-state index is 5.71. The van der Waals surface area contributed by atoms with Crippen molar-refractivity contribution in [3.63, 3.8) is 0 Å². The molecule has 0 N–H and O–H groups in total. The molecule has 0 aliphatic heterocycles. The molecule has 0 saturated heterocycles. The second kappa shape index (κ2) is 7.47. The van der Waals surface area contributed by atoms with Gasteiger partial charge < -0.3 is 9.47 Å². The monoisotopic (exact) mass is 256 g/mol. The number of aryl methyl sites for hydroxylation is 1. The summed E-state index contributed by atoms with van der Waals surface area (Å²) in [6.07, 6.45) is 2.08. The highest BCUT2D eigenvalue weighted by molar-refractivity contribution is 5.31. The smallest absolute Gasteiger partial charge is 0.119 e. The van der Waals surface area contributed by atoms with Gasteiger partial charge in [0.1, 0.15) is 11.5 Å². The molecular formula is C17H20O2. The van der Waals surface area contributed by atoms with E-state index < -0.39 is 0 Å². The molecule has 2 aromatic carbocycles. The first kappa shape index (κ1) is 13.5. The van der Waals surface area contributed by atoms with Crippen molar-refractivity contribution in [2.45, 2.75) is 19.8 Å². The molecule has 0 radical (unpaired) electrons. The fourth-order valence-corrected chi connectivity index (χ4v) is 1.91. The number of rotatable bonds is 7. The van der Waals surface area contributed by atoms with Gasteiger partial charge in [0.05, 0.1) is 13.2 Å². The van der Waals surface area contributed by atoms with Gasteiger partial charge in [-0.15, -0.1) is 0 Å². The third kappa shape index (κ3) is 4.66. The molecule has 0 amide bonds. The van der Waals surface area contributed by atoms with E-state index >= 15 is 0 Å². The predicted octanol–water partition coefficient (Wildman–Crippen LogP) is 4.10. The SMILES string of the molecule is CCOc1ccc(OCCCc2ccccc2)cc1. The molecule has 0 unspecified atom stereocenters. The van der Waals surface area contributed by atoms with Crippen molar-refractivity contribution in [3.05, 3.63) is 60.2 Å². The van der Waals surface area contributed by atoms with E-state index in [1.165, 1.54) is 5.56 Å². The molecule has 0 saturated carbocycles. The Kier molecular flexibility index (Phi) is 5.30. The number of ether oxygens (including phenoxy) is 2. The van der Waals surface area contributed by atoms with Crippen molar-refractivity contribution >= 4 is 0 Å². The van der Waals surface area contributed by atoms with Crippen LogP contribution >= 0.6 is 0 Å². The Morgan fingerprint density at radius 1 is 0.789 bits per heavy atom. The molecule has 0 aliphatic carbocycles. The summed E-state index contributed by atoms with van der Waals surface area (Å²) in [5.41, 5.74) is 1.36. The highest BCUT2D eigenvalue weighted by atomic mass is 16.5. The maximum absolute atomic E-state index is 5.71. The van der Waals surface area contributed by atoms with Crippen LogP contribution in [0.15, 0.2) is 54.6 Å². The van der Waals surface area contributed by atoms with Gasteiger partial charge in [0.2, 0.25) is 0 Å². The van der Waals surface area contributed by atoms with Crippen LogP contribution in [0.4, 0.5) is 0 Å². The molecule has 0 aromatic heterocycles. The summed E-state index contributed by atoms with van der Waals surface area (Å²) in [6.45, 7) is 3.41. The second-order valence-corrected chi connectivity index (χ2v) is 4.34. The number of benzene rings is 2. The molecule has 0 heterocycles. The quantitative estimate of drug-likeness (QED) is 0.694. The summed E-state index contributed by atoms with van der Waals surface area (Å²) in [7, 11) is 0. The van der Waals surface area contributed by atoms with Crippen LogP contribution in [0.3, 0.4) is 0 Å². The Bertz CT molecular complexity index is 462. The molecule has 0 bridgehead atoms. The van der Waals surface area contributed by atoms with E-state index in [0.29, 0.717) is 6.61 Å². The molecule has 2 nitrogen and oxygen atoms in total. The van der Waals surface area contributed by atoms with Crippen LogP contribution in [-0.4, -0.2) is 13.2 Å². The van der Waals surface area contributed by atoms with E-state index in [4.69, 9.17) is 9.47 Å². The van der Waals surface area contributed by atoms with E-state index in [9.17, 15) is 0 Å². The Morgan fingerprint density at radius 2 is 1.42 bits per heavy atom.